The number of nitrogens with zero attached hydrogens (tertiary/aromatic N) is 2. The Bertz CT molecular complexity index is 1000. The normalized spacial score (nSPS) is 10.7. The molecule has 26 heavy (non-hydrogen) atoms. The first-order chi connectivity index (χ1) is 12.6. The Hall–Kier alpha value is -2.86. The number of esters is 1. The van der Waals surface area contributed by atoms with Crippen LogP contribution in [0, 0.1) is 0 Å². The van der Waals surface area contributed by atoms with Crippen molar-refractivity contribution >= 4 is 28.3 Å². The van der Waals surface area contributed by atoms with Gasteiger partial charge >= 0.3 is 5.97 Å². The molecule has 0 aliphatic rings. The lowest BCUT2D eigenvalue weighted by atomic mass is 10.1. The van der Waals surface area contributed by atoms with E-state index in [1.165, 1.54) is 4.68 Å². The minimum absolute atomic E-state index is 0.0271. The van der Waals surface area contributed by atoms with Crippen molar-refractivity contribution in [2.75, 3.05) is 13.2 Å². The van der Waals surface area contributed by atoms with E-state index < -0.39 is 5.97 Å². The predicted octanol–water partition coefficient (Wildman–Crippen LogP) is 2.75. The summed E-state index contributed by atoms with van der Waals surface area (Å²) in [7, 11) is 1.56. The van der Waals surface area contributed by atoms with Gasteiger partial charge < -0.3 is 9.47 Å². The van der Waals surface area contributed by atoms with E-state index in [4.69, 9.17) is 21.1 Å². The number of carbonyl (C=O) groups is 1. The molecule has 134 valence electrons. The Morgan fingerprint density at radius 2 is 1.77 bits per heavy atom. The van der Waals surface area contributed by atoms with Crippen LogP contribution in [0.2, 0.25) is 5.02 Å². The molecule has 0 N–H and O–H groups in total. The zero-order chi connectivity index (χ0) is 18.5. The van der Waals surface area contributed by atoms with Crippen LogP contribution in [0.5, 0.6) is 5.75 Å². The van der Waals surface area contributed by atoms with E-state index in [1.807, 2.05) is 6.07 Å². The van der Waals surface area contributed by atoms with E-state index in [-0.39, 0.29) is 25.2 Å². The van der Waals surface area contributed by atoms with Crippen LogP contribution >= 0.6 is 11.6 Å². The third-order valence-electron chi connectivity index (χ3n) is 3.79. The van der Waals surface area contributed by atoms with Gasteiger partial charge in [-0.25, -0.2) is 4.68 Å². The third-order valence-corrected chi connectivity index (χ3v) is 4.10. The minimum atomic E-state index is -0.441. The topological polar surface area (TPSA) is 70.4 Å². The molecule has 2 aromatic carbocycles. The second-order valence-electron chi connectivity index (χ2n) is 5.60. The van der Waals surface area contributed by atoms with Gasteiger partial charge in [-0.1, -0.05) is 41.9 Å². The molecular formula is C19H17ClN2O4. The van der Waals surface area contributed by atoms with Crippen LogP contribution in [0.1, 0.15) is 5.69 Å². The number of halogens is 1. The number of aromatic nitrogens is 2. The first kappa shape index (κ1) is 17.9. The van der Waals surface area contributed by atoms with Crippen molar-refractivity contribution in [1.29, 1.82) is 0 Å². The number of hydrogen-bond acceptors (Lipinski definition) is 5. The zero-order valence-corrected chi connectivity index (χ0v) is 14.9. The van der Waals surface area contributed by atoms with Crippen LogP contribution in [-0.2, 0) is 23.0 Å². The minimum Gasteiger partial charge on any atom is -0.488 e. The SMILES string of the molecule is Cn1nc(CC(=O)OCCOc2ccccc2Cl)c2ccccc2c1=O. The summed E-state index contributed by atoms with van der Waals surface area (Å²) in [5, 5.41) is 5.86. The Balaban J connectivity index is 1.60. The molecule has 0 aliphatic heterocycles. The summed E-state index contributed by atoms with van der Waals surface area (Å²) in [5.74, 6) is 0.0972. The van der Waals surface area contributed by atoms with Gasteiger partial charge in [0.2, 0.25) is 0 Å². The molecule has 0 atom stereocenters. The number of para-hydroxylation sites is 1. The van der Waals surface area contributed by atoms with Gasteiger partial charge in [0.1, 0.15) is 19.0 Å². The quantitative estimate of drug-likeness (QED) is 0.491. The highest BCUT2D eigenvalue weighted by molar-refractivity contribution is 6.32. The molecule has 0 spiro atoms. The molecule has 3 aromatic rings. The molecule has 0 aliphatic carbocycles. The first-order valence-electron chi connectivity index (χ1n) is 8.04. The van der Waals surface area contributed by atoms with E-state index in [2.05, 4.69) is 5.10 Å². The highest BCUT2D eigenvalue weighted by atomic mass is 35.5. The Morgan fingerprint density at radius 3 is 2.54 bits per heavy atom. The summed E-state index contributed by atoms with van der Waals surface area (Å²) >= 11 is 5.99. The molecule has 1 aromatic heterocycles. The molecule has 0 fully saturated rings. The molecule has 6 nitrogen and oxygen atoms in total. The molecule has 0 bridgehead atoms. The highest BCUT2D eigenvalue weighted by Crippen LogP contribution is 2.22. The maximum absolute atomic E-state index is 12.1. The fourth-order valence-corrected chi connectivity index (χ4v) is 2.75. The molecular weight excluding hydrogens is 356 g/mol. The third kappa shape index (κ3) is 4.03. The van der Waals surface area contributed by atoms with Gasteiger partial charge in [-0.2, -0.15) is 5.10 Å². The van der Waals surface area contributed by atoms with Crippen LogP contribution in [0.15, 0.2) is 53.3 Å². The molecule has 0 radical (unpaired) electrons. The van der Waals surface area contributed by atoms with Gasteiger partial charge in [0, 0.05) is 12.4 Å². The summed E-state index contributed by atoms with van der Waals surface area (Å²) in [6, 6.07) is 14.1. The van der Waals surface area contributed by atoms with E-state index in [9.17, 15) is 9.59 Å². The fourth-order valence-electron chi connectivity index (χ4n) is 2.56. The number of aryl methyl sites for hydroxylation is 1. The van der Waals surface area contributed by atoms with Crippen molar-refractivity contribution < 1.29 is 14.3 Å². The van der Waals surface area contributed by atoms with Crippen molar-refractivity contribution in [2.45, 2.75) is 6.42 Å². The van der Waals surface area contributed by atoms with Crippen molar-refractivity contribution in [2.24, 2.45) is 7.05 Å². The van der Waals surface area contributed by atoms with Crippen LogP contribution in [0.3, 0.4) is 0 Å². The lowest BCUT2D eigenvalue weighted by Gasteiger charge is -2.10. The Labute approximate surface area is 154 Å². The lowest BCUT2D eigenvalue weighted by molar-refractivity contribution is -0.143. The number of benzene rings is 2. The molecule has 1 heterocycles. The van der Waals surface area contributed by atoms with Gasteiger partial charge in [0.25, 0.3) is 5.56 Å². The van der Waals surface area contributed by atoms with Crippen LogP contribution < -0.4 is 10.3 Å². The second-order valence-corrected chi connectivity index (χ2v) is 6.00. The first-order valence-corrected chi connectivity index (χ1v) is 8.42. The second kappa shape index (κ2) is 8.01. The highest BCUT2D eigenvalue weighted by Gasteiger charge is 2.13. The smallest absolute Gasteiger partial charge is 0.312 e. The van der Waals surface area contributed by atoms with Gasteiger partial charge in [0.15, 0.2) is 0 Å². The molecule has 3 rings (SSSR count). The van der Waals surface area contributed by atoms with Crippen molar-refractivity contribution in [1.82, 2.24) is 9.78 Å². The van der Waals surface area contributed by atoms with E-state index in [0.29, 0.717) is 27.2 Å². The summed E-state index contributed by atoms with van der Waals surface area (Å²) < 4.78 is 11.9. The summed E-state index contributed by atoms with van der Waals surface area (Å²) in [6.45, 7) is 0.282. The number of ether oxygens (including phenoxy) is 2. The molecule has 0 amide bonds. The number of hydrogen-bond donors (Lipinski definition) is 0. The van der Waals surface area contributed by atoms with Crippen LogP contribution in [-0.4, -0.2) is 29.0 Å². The summed E-state index contributed by atoms with van der Waals surface area (Å²) in [5.41, 5.74) is 0.297. The molecule has 0 saturated heterocycles. The van der Waals surface area contributed by atoms with Crippen LogP contribution in [0.25, 0.3) is 10.8 Å². The van der Waals surface area contributed by atoms with Crippen LogP contribution in [0.4, 0.5) is 0 Å². The van der Waals surface area contributed by atoms with Crippen molar-refractivity contribution in [3.05, 3.63) is 69.6 Å². The number of carbonyl (C=O) groups excluding carboxylic acids is 1. The Kier molecular flexibility index (Phi) is 5.53. The van der Waals surface area contributed by atoms with Gasteiger partial charge in [-0.3, -0.25) is 9.59 Å². The van der Waals surface area contributed by atoms with E-state index in [1.54, 1.807) is 49.5 Å². The van der Waals surface area contributed by atoms with E-state index >= 15 is 0 Å². The van der Waals surface area contributed by atoms with Crippen molar-refractivity contribution in [3.63, 3.8) is 0 Å². The average molecular weight is 373 g/mol. The monoisotopic (exact) mass is 372 g/mol. The van der Waals surface area contributed by atoms with Gasteiger partial charge in [0.05, 0.1) is 22.5 Å². The van der Waals surface area contributed by atoms with E-state index in [0.717, 1.165) is 0 Å². The average Bonchev–Trinajstić information content (AvgIpc) is 2.64. The van der Waals surface area contributed by atoms with Crippen molar-refractivity contribution in [3.8, 4) is 5.75 Å². The molecule has 7 heteroatoms. The number of rotatable bonds is 6. The summed E-state index contributed by atoms with van der Waals surface area (Å²) in [4.78, 5) is 24.2. The standard InChI is InChI=1S/C19H17ClN2O4/c1-22-19(24)14-7-3-2-6-13(14)16(21-22)12-18(23)26-11-10-25-17-9-5-4-8-15(17)20/h2-9H,10-12H2,1H3. The maximum Gasteiger partial charge on any atom is 0.312 e. The summed E-state index contributed by atoms with van der Waals surface area (Å²) in [6.07, 6.45) is -0.0271. The van der Waals surface area contributed by atoms with Gasteiger partial charge in [-0.05, 0) is 18.2 Å². The molecule has 0 saturated carbocycles. The van der Waals surface area contributed by atoms with Gasteiger partial charge in [-0.15, -0.1) is 0 Å². The largest absolute Gasteiger partial charge is 0.488 e. The maximum atomic E-state index is 12.1. The zero-order valence-electron chi connectivity index (χ0n) is 14.1. The fraction of sp³-hybridized carbons (Fsp3) is 0.211. The molecule has 0 unspecified atom stereocenters. The number of fused-ring (bicyclic) bond motifs is 1. The lowest BCUT2D eigenvalue weighted by Crippen LogP contribution is -2.23. The predicted molar refractivity (Wildman–Crippen MR) is 98.6 cm³/mol. The Morgan fingerprint density at radius 1 is 1.08 bits per heavy atom.